The molecule has 0 saturated heterocycles. The maximum Gasteiger partial charge on any atom is 0.264 e. The van der Waals surface area contributed by atoms with Crippen LogP contribution in [0, 0.1) is 19.7 Å². The molecule has 1 N–H and O–H groups in total. The van der Waals surface area contributed by atoms with E-state index in [0.717, 1.165) is 53.1 Å². The number of carbonyl (C=O) groups is 2. The van der Waals surface area contributed by atoms with Crippen molar-refractivity contribution in [2.24, 2.45) is 0 Å². The summed E-state index contributed by atoms with van der Waals surface area (Å²) < 4.78 is 55.0. The molecule has 51 heavy (non-hydrogen) atoms. The summed E-state index contributed by atoms with van der Waals surface area (Å²) in [6.45, 7) is 3.05. The number of hydrogen-bond acceptors (Lipinski definition) is 6. The van der Waals surface area contributed by atoms with E-state index in [0.29, 0.717) is 17.0 Å². The van der Waals surface area contributed by atoms with Gasteiger partial charge >= 0.3 is 0 Å². The van der Waals surface area contributed by atoms with Crippen molar-refractivity contribution in [2.45, 2.75) is 75.9 Å². The minimum atomic E-state index is -4.38. The second-order valence-electron chi connectivity index (χ2n) is 13.1. The maximum atomic E-state index is 14.8. The number of methoxy groups -OCH3 is 2. The van der Waals surface area contributed by atoms with E-state index in [9.17, 15) is 22.4 Å². The van der Waals surface area contributed by atoms with Crippen LogP contribution in [0.4, 0.5) is 10.1 Å². The summed E-state index contributed by atoms with van der Waals surface area (Å²) >= 11 is 0. The van der Waals surface area contributed by atoms with Gasteiger partial charge in [-0.05, 0) is 85.3 Å². The molecule has 1 fully saturated rings. The smallest absolute Gasteiger partial charge is 0.264 e. The predicted octanol–water partition coefficient (Wildman–Crippen LogP) is 6.74. The molecule has 1 atom stereocenters. The highest BCUT2D eigenvalue weighted by molar-refractivity contribution is 7.92. The van der Waals surface area contributed by atoms with Crippen molar-refractivity contribution in [2.75, 3.05) is 25.1 Å². The molecule has 270 valence electrons. The summed E-state index contributed by atoms with van der Waals surface area (Å²) in [5, 5.41) is 3.20. The number of ether oxygens (including phenoxy) is 2. The zero-order chi connectivity index (χ0) is 36.5. The molecule has 2 amide bonds. The van der Waals surface area contributed by atoms with Crippen LogP contribution in [0.5, 0.6) is 11.5 Å². The summed E-state index contributed by atoms with van der Waals surface area (Å²) in [4.78, 5) is 30.4. The molecular formula is C40H46FN3O6S. The highest BCUT2D eigenvalue weighted by Crippen LogP contribution is 2.33. The lowest BCUT2D eigenvalue weighted by atomic mass is 9.94. The number of nitrogens with zero attached hydrogens (tertiary/aromatic N) is 2. The van der Waals surface area contributed by atoms with Gasteiger partial charge < -0.3 is 19.7 Å². The average molecular weight is 716 g/mol. The Hall–Kier alpha value is -4.90. The minimum absolute atomic E-state index is 0.0236. The number of anilines is 1. The summed E-state index contributed by atoms with van der Waals surface area (Å²) in [6.07, 6.45) is 5.01. The van der Waals surface area contributed by atoms with Gasteiger partial charge in [-0.25, -0.2) is 12.8 Å². The second-order valence-corrected chi connectivity index (χ2v) is 14.9. The molecule has 0 spiro atoms. The van der Waals surface area contributed by atoms with Crippen molar-refractivity contribution in [3.63, 3.8) is 0 Å². The lowest BCUT2D eigenvalue weighted by Gasteiger charge is -2.35. The van der Waals surface area contributed by atoms with Crippen molar-refractivity contribution in [3.05, 3.63) is 119 Å². The topological polar surface area (TPSA) is 105 Å². The van der Waals surface area contributed by atoms with Gasteiger partial charge in [0.2, 0.25) is 11.8 Å². The van der Waals surface area contributed by atoms with Crippen LogP contribution >= 0.6 is 0 Å². The van der Waals surface area contributed by atoms with Crippen LogP contribution in [-0.4, -0.2) is 58.0 Å². The fraction of sp³-hybridized carbons (Fsp3) is 0.350. The van der Waals surface area contributed by atoms with E-state index in [4.69, 9.17) is 9.47 Å². The minimum Gasteiger partial charge on any atom is -0.493 e. The van der Waals surface area contributed by atoms with Gasteiger partial charge in [0, 0.05) is 25.1 Å². The molecule has 0 heterocycles. The second kappa shape index (κ2) is 16.9. The van der Waals surface area contributed by atoms with Gasteiger partial charge in [0.25, 0.3) is 10.0 Å². The molecule has 5 rings (SSSR count). The number of sulfonamides is 1. The first-order valence-electron chi connectivity index (χ1n) is 17.2. The highest BCUT2D eigenvalue weighted by atomic mass is 32.2. The predicted molar refractivity (Wildman–Crippen MR) is 196 cm³/mol. The molecule has 0 bridgehead atoms. The van der Waals surface area contributed by atoms with E-state index in [2.05, 4.69) is 5.32 Å². The Kier molecular flexibility index (Phi) is 12.4. The van der Waals surface area contributed by atoms with Crippen molar-refractivity contribution in [1.82, 2.24) is 10.2 Å². The summed E-state index contributed by atoms with van der Waals surface area (Å²) in [5.74, 6) is -0.784. The van der Waals surface area contributed by atoms with Gasteiger partial charge in [-0.15, -0.1) is 0 Å². The van der Waals surface area contributed by atoms with Crippen LogP contribution in [-0.2, 0) is 32.6 Å². The fourth-order valence-corrected chi connectivity index (χ4v) is 8.03. The Morgan fingerprint density at radius 3 is 2.10 bits per heavy atom. The Bertz CT molecular complexity index is 1890. The number of amides is 2. The van der Waals surface area contributed by atoms with Gasteiger partial charge in [0.1, 0.15) is 18.4 Å². The number of halogens is 1. The third-order valence-electron chi connectivity index (χ3n) is 9.21. The Labute approximate surface area is 300 Å². The zero-order valence-electron chi connectivity index (χ0n) is 29.6. The monoisotopic (exact) mass is 715 g/mol. The van der Waals surface area contributed by atoms with Gasteiger partial charge in [-0.2, -0.15) is 0 Å². The fourth-order valence-electron chi connectivity index (χ4n) is 6.61. The number of rotatable bonds is 14. The molecule has 9 nitrogen and oxygen atoms in total. The van der Waals surface area contributed by atoms with Crippen LogP contribution < -0.4 is 19.1 Å². The van der Waals surface area contributed by atoms with Crippen LogP contribution in [0.25, 0.3) is 0 Å². The van der Waals surface area contributed by atoms with Crippen LogP contribution in [0.2, 0.25) is 0 Å². The van der Waals surface area contributed by atoms with Crippen LogP contribution in [0.1, 0.15) is 54.4 Å². The number of carbonyl (C=O) groups excluding carboxylic acids is 2. The Balaban J connectivity index is 1.60. The number of aryl methyl sites for hydroxylation is 2. The third kappa shape index (κ3) is 9.46. The van der Waals surface area contributed by atoms with E-state index in [1.54, 1.807) is 24.3 Å². The van der Waals surface area contributed by atoms with Crippen molar-refractivity contribution >= 4 is 27.5 Å². The summed E-state index contributed by atoms with van der Waals surface area (Å²) in [6, 6.07) is 23.7. The molecule has 1 saturated carbocycles. The molecule has 0 radical (unpaired) electrons. The third-order valence-corrected chi connectivity index (χ3v) is 11.0. The molecule has 0 aromatic heterocycles. The van der Waals surface area contributed by atoms with Crippen LogP contribution in [0.15, 0.2) is 95.9 Å². The SMILES string of the molecule is COc1ccc(S(=O)(=O)N(CC(=O)N(Cc2ccc(F)cc2)C(Cc2ccccc2)C(=O)NC2CCCCC2)c2cc(C)cc(C)c2)cc1OC. The van der Waals surface area contributed by atoms with E-state index < -0.39 is 34.3 Å². The maximum absolute atomic E-state index is 14.8. The molecule has 1 aliphatic carbocycles. The van der Waals surface area contributed by atoms with Gasteiger partial charge in [0.05, 0.1) is 24.8 Å². The van der Waals surface area contributed by atoms with Crippen molar-refractivity contribution < 1.29 is 31.9 Å². The quantitative estimate of drug-likeness (QED) is 0.155. The summed E-state index contributed by atoms with van der Waals surface area (Å²) in [5.41, 5.74) is 3.34. The Morgan fingerprint density at radius 1 is 0.824 bits per heavy atom. The van der Waals surface area contributed by atoms with E-state index in [1.165, 1.54) is 49.5 Å². The first-order valence-corrected chi connectivity index (χ1v) is 18.6. The summed E-state index contributed by atoms with van der Waals surface area (Å²) in [7, 11) is -1.51. The van der Waals surface area contributed by atoms with Crippen molar-refractivity contribution in [1.29, 1.82) is 0 Å². The molecule has 1 aliphatic rings. The lowest BCUT2D eigenvalue weighted by molar-refractivity contribution is -0.140. The highest BCUT2D eigenvalue weighted by Gasteiger charge is 2.36. The lowest BCUT2D eigenvalue weighted by Crippen LogP contribution is -2.55. The molecule has 4 aromatic rings. The molecule has 0 aliphatic heterocycles. The van der Waals surface area contributed by atoms with Crippen LogP contribution in [0.3, 0.4) is 0 Å². The van der Waals surface area contributed by atoms with Crippen molar-refractivity contribution in [3.8, 4) is 11.5 Å². The number of nitrogens with one attached hydrogen (secondary N) is 1. The Morgan fingerprint density at radius 2 is 1.47 bits per heavy atom. The first-order chi connectivity index (χ1) is 24.5. The number of benzene rings is 4. The normalized spacial score (nSPS) is 14.0. The standard InChI is InChI=1S/C40H46FN3O6S/c1-28-21-29(2)23-34(22-28)44(51(47,48)35-19-20-37(49-3)38(25-35)50-4)27-39(45)43(26-31-15-17-32(41)18-16-31)36(24-30-11-7-5-8-12-30)40(46)42-33-13-9-6-10-14-33/h5,7-8,11-12,15-23,25,33,36H,6,9-10,13-14,24,26-27H2,1-4H3,(H,42,46). The zero-order valence-corrected chi connectivity index (χ0v) is 30.4. The van der Waals surface area contributed by atoms with Gasteiger partial charge in [0.15, 0.2) is 11.5 Å². The molecule has 1 unspecified atom stereocenters. The first kappa shape index (κ1) is 37.4. The van der Waals surface area contributed by atoms with E-state index in [1.807, 2.05) is 50.2 Å². The molecule has 4 aromatic carbocycles. The van der Waals surface area contributed by atoms with Gasteiger partial charge in [-0.3, -0.25) is 13.9 Å². The van der Waals surface area contributed by atoms with E-state index >= 15 is 0 Å². The van der Waals surface area contributed by atoms with Gasteiger partial charge in [-0.1, -0.05) is 67.8 Å². The van der Waals surface area contributed by atoms with E-state index in [-0.39, 0.29) is 35.6 Å². The molecular weight excluding hydrogens is 670 g/mol. The largest absolute Gasteiger partial charge is 0.493 e. The number of hydrogen-bond donors (Lipinski definition) is 1. The average Bonchev–Trinajstić information content (AvgIpc) is 3.12. The molecule has 11 heteroatoms.